The van der Waals surface area contributed by atoms with Gasteiger partial charge in [-0.2, -0.15) is 5.10 Å². The fraction of sp³-hybridized carbons (Fsp3) is 0.438. The molecule has 1 fully saturated rings. The van der Waals surface area contributed by atoms with Gasteiger partial charge < -0.3 is 5.32 Å². The molecule has 0 spiro atoms. The van der Waals surface area contributed by atoms with Crippen LogP contribution in [-0.4, -0.2) is 23.3 Å². The first-order valence-electron chi connectivity index (χ1n) is 7.19. The molecule has 1 saturated heterocycles. The molecule has 1 aliphatic rings. The summed E-state index contributed by atoms with van der Waals surface area (Å²) in [5.41, 5.74) is 6.06. The van der Waals surface area contributed by atoms with Crippen molar-refractivity contribution in [1.29, 1.82) is 0 Å². The summed E-state index contributed by atoms with van der Waals surface area (Å²) in [5, 5.41) is 11.2. The Balaban J connectivity index is 1.97. The molecule has 1 aromatic carbocycles. The number of piperidine rings is 1. The van der Waals surface area contributed by atoms with Crippen molar-refractivity contribution in [2.75, 3.05) is 13.1 Å². The second-order valence-corrected chi connectivity index (χ2v) is 6.44. The summed E-state index contributed by atoms with van der Waals surface area (Å²) in [6.07, 6.45) is 2.35. The van der Waals surface area contributed by atoms with Gasteiger partial charge in [-0.1, -0.05) is 23.8 Å². The van der Waals surface area contributed by atoms with E-state index in [4.69, 9.17) is 0 Å². The molecule has 2 N–H and O–H groups in total. The van der Waals surface area contributed by atoms with Gasteiger partial charge in [0.15, 0.2) is 0 Å². The van der Waals surface area contributed by atoms with Crippen molar-refractivity contribution >= 4 is 15.9 Å². The molecule has 0 amide bonds. The highest BCUT2D eigenvalue weighted by Crippen LogP contribution is 2.36. The monoisotopic (exact) mass is 333 g/mol. The van der Waals surface area contributed by atoms with E-state index < -0.39 is 0 Å². The normalized spacial score (nSPS) is 16.6. The van der Waals surface area contributed by atoms with E-state index in [-0.39, 0.29) is 0 Å². The smallest absolute Gasteiger partial charge is 0.107 e. The molecule has 106 valence electrons. The highest BCUT2D eigenvalue weighted by molar-refractivity contribution is 9.10. The number of hydrogen-bond donors (Lipinski definition) is 2. The Morgan fingerprint density at radius 1 is 1.20 bits per heavy atom. The van der Waals surface area contributed by atoms with E-state index in [1.54, 1.807) is 0 Å². The third kappa shape index (κ3) is 2.54. The van der Waals surface area contributed by atoms with Crippen LogP contribution in [0, 0.1) is 13.8 Å². The predicted molar refractivity (Wildman–Crippen MR) is 86.0 cm³/mol. The standard InChI is InChI=1S/C16H20BrN3/c1-10-3-4-13(11(2)9-10)16-14(17)15(19-20-16)12-5-7-18-8-6-12/h3-4,9,12,18H,5-8H2,1-2H3,(H,19,20). The molecule has 0 aliphatic carbocycles. The Morgan fingerprint density at radius 3 is 2.65 bits per heavy atom. The van der Waals surface area contributed by atoms with Gasteiger partial charge in [-0.05, 0) is 61.3 Å². The Labute approximate surface area is 128 Å². The molecule has 1 aromatic heterocycles. The van der Waals surface area contributed by atoms with Gasteiger partial charge in [-0.3, -0.25) is 5.10 Å². The Morgan fingerprint density at radius 2 is 1.95 bits per heavy atom. The number of benzene rings is 1. The lowest BCUT2D eigenvalue weighted by atomic mass is 9.94. The number of rotatable bonds is 2. The number of aromatic nitrogens is 2. The second-order valence-electron chi connectivity index (χ2n) is 5.64. The minimum absolute atomic E-state index is 0.581. The van der Waals surface area contributed by atoms with Crippen molar-refractivity contribution in [1.82, 2.24) is 15.5 Å². The first-order valence-corrected chi connectivity index (χ1v) is 7.98. The zero-order valence-corrected chi connectivity index (χ0v) is 13.5. The average Bonchev–Trinajstić information content (AvgIpc) is 2.82. The Kier molecular flexibility index (Phi) is 3.94. The summed E-state index contributed by atoms with van der Waals surface area (Å²) in [4.78, 5) is 0. The van der Waals surface area contributed by atoms with E-state index in [0.717, 1.165) is 23.3 Å². The molecule has 4 heteroatoms. The molecular weight excluding hydrogens is 314 g/mol. The van der Waals surface area contributed by atoms with Crippen LogP contribution in [0.5, 0.6) is 0 Å². The summed E-state index contributed by atoms with van der Waals surface area (Å²) >= 11 is 3.76. The third-order valence-corrected chi connectivity index (χ3v) is 4.92. The molecule has 2 aromatic rings. The fourth-order valence-corrected chi connectivity index (χ4v) is 3.70. The van der Waals surface area contributed by atoms with Crippen LogP contribution >= 0.6 is 15.9 Å². The molecule has 1 aliphatic heterocycles. The maximum absolute atomic E-state index is 4.56. The largest absolute Gasteiger partial charge is 0.317 e. The quantitative estimate of drug-likeness (QED) is 0.874. The number of hydrogen-bond acceptors (Lipinski definition) is 2. The topological polar surface area (TPSA) is 40.7 Å². The third-order valence-electron chi connectivity index (χ3n) is 4.12. The van der Waals surface area contributed by atoms with Gasteiger partial charge in [0, 0.05) is 11.5 Å². The van der Waals surface area contributed by atoms with Gasteiger partial charge >= 0.3 is 0 Å². The molecule has 0 unspecified atom stereocenters. The van der Waals surface area contributed by atoms with Gasteiger partial charge in [0.2, 0.25) is 0 Å². The number of halogens is 1. The van der Waals surface area contributed by atoms with E-state index in [0.29, 0.717) is 5.92 Å². The first-order chi connectivity index (χ1) is 9.66. The lowest BCUT2D eigenvalue weighted by Gasteiger charge is -2.21. The molecule has 2 heterocycles. The van der Waals surface area contributed by atoms with E-state index >= 15 is 0 Å². The van der Waals surface area contributed by atoms with Crippen LogP contribution in [0.3, 0.4) is 0 Å². The highest BCUT2D eigenvalue weighted by Gasteiger charge is 2.22. The Bertz CT molecular complexity index is 612. The van der Waals surface area contributed by atoms with Crippen molar-refractivity contribution in [3.63, 3.8) is 0 Å². The molecule has 0 atom stereocenters. The molecule has 0 bridgehead atoms. The average molecular weight is 334 g/mol. The van der Waals surface area contributed by atoms with Crippen molar-refractivity contribution in [3.8, 4) is 11.3 Å². The van der Waals surface area contributed by atoms with Crippen LogP contribution in [0.2, 0.25) is 0 Å². The van der Waals surface area contributed by atoms with Crippen molar-refractivity contribution < 1.29 is 0 Å². The van der Waals surface area contributed by atoms with E-state index in [1.807, 2.05) is 0 Å². The minimum Gasteiger partial charge on any atom is -0.317 e. The molecule has 20 heavy (non-hydrogen) atoms. The molecule has 3 nitrogen and oxygen atoms in total. The van der Waals surface area contributed by atoms with Gasteiger partial charge in [0.25, 0.3) is 0 Å². The number of nitrogens with zero attached hydrogens (tertiary/aromatic N) is 1. The lowest BCUT2D eigenvalue weighted by Crippen LogP contribution is -2.26. The predicted octanol–water partition coefficient (Wildman–Crippen LogP) is 3.92. The van der Waals surface area contributed by atoms with Gasteiger partial charge in [-0.25, -0.2) is 0 Å². The summed E-state index contributed by atoms with van der Waals surface area (Å²) < 4.78 is 1.14. The van der Waals surface area contributed by atoms with E-state index in [9.17, 15) is 0 Å². The summed E-state index contributed by atoms with van der Waals surface area (Å²) in [6, 6.07) is 6.52. The number of nitrogens with one attached hydrogen (secondary N) is 2. The maximum Gasteiger partial charge on any atom is 0.107 e. The molecular formula is C16H20BrN3. The van der Waals surface area contributed by atoms with Crippen LogP contribution in [0.15, 0.2) is 22.7 Å². The minimum atomic E-state index is 0.581. The summed E-state index contributed by atoms with van der Waals surface area (Å²) in [6.45, 7) is 6.45. The van der Waals surface area contributed by atoms with Crippen LogP contribution in [0.4, 0.5) is 0 Å². The lowest BCUT2D eigenvalue weighted by molar-refractivity contribution is 0.452. The van der Waals surface area contributed by atoms with E-state index in [1.165, 1.54) is 35.2 Å². The second kappa shape index (κ2) is 5.70. The van der Waals surface area contributed by atoms with E-state index in [2.05, 4.69) is 63.5 Å². The SMILES string of the molecule is Cc1ccc(-c2n[nH]c(C3CCNCC3)c2Br)c(C)c1. The van der Waals surface area contributed by atoms with Crippen molar-refractivity contribution in [3.05, 3.63) is 39.5 Å². The van der Waals surface area contributed by atoms with Crippen molar-refractivity contribution in [2.45, 2.75) is 32.6 Å². The highest BCUT2D eigenvalue weighted by atomic mass is 79.9. The van der Waals surface area contributed by atoms with Crippen molar-refractivity contribution in [2.24, 2.45) is 0 Å². The number of aromatic amines is 1. The van der Waals surface area contributed by atoms with Crippen LogP contribution < -0.4 is 5.32 Å². The zero-order chi connectivity index (χ0) is 14.1. The molecule has 3 rings (SSSR count). The number of H-pyrrole nitrogens is 1. The maximum atomic E-state index is 4.56. The van der Waals surface area contributed by atoms with Crippen LogP contribution in [0.1, 0.15) is 35.6 Å². The molecule has 0 saturated carbocycles. The summed E-state index contributed by atoms with van der Waals surface area (Å²) in [5.74, 6) is 0.581. The van der Waals surface area contributed by atoms with Crippen LogP contribution in [-0.2, 0) is 0 Å². The van der Waals surface area contributed by atoms with Gasteiger partial charge in [0.1, 0.15) is 5.69 Å². The summed E-state index contributed by atoms with van der Waals surface area (Å²) in [7, 11) is 0. The fourth-order valence-electron chi connectivity index (χ4n) is 2.98. The molecule has 0 radical (unpaired) electrons. The first kappa shape index (κ1) is 13.8. The number of aryl methyl sites for hydroxylation is 2. The van der Waals surface area contributed by atoms with Gasteiger partial charge in [0.05, 0.1) is 10.2 Å². The zero-order valence-electron chi connectivity index (χ0n) is 12.0. The Hall–Kier alpha value is -1.13. The van der Waals surface area contributed by atoms with Crippen LogP contribution in [0.25, 0.3) is 11.3 Å². The van der Waals surface area contributed by atoms with Gasteiger partial charge in [-0.15, -0.1) is 0 Å².